The number of nitrogen functional groups attached to an aromatic ring is 1. The van der Waals surface area contributed by atoms with Crippen LogP contribution in [0.3, 0.4) is 0 Å². The number of hydrogen-bond donors (Lipinski definition) is 3. The van der Waals surface area contributed by atoms with Crippen molar-refractivity contribution in [3.8, 4) is 0 Å². The van der Waals surface area contributed by atoms with E-state index in [2.05, 4.69) is 20.3 Å². The number of amides is 2. The first kappa shape index (κ1) is 25.7. The molecule has 1 fully saturated rings. The van der Waals surface area contributed by atoms with Crippen molar-refractivity contribution >= 4 is 56.1 Å². The van der Waals surface area contributed by atoms with E-state index in [1.54, 1.807) is 0 Å². The Morgan fingerprint density at radius 1 is 1.57 bits per heavy atom. The van der Waals surface area contributed by atoms with Gasteiger partial charge in [0.1, 0.15) is 13.2 Å². The second kappa shape index (κ2) is 11.2. The number of nitrogens with two attached hydrogens (primary N) is 2. The van der Waals surface area contributed by atoms with Crippen molar-refractivity contribution in [2.75, 3.05) is 30.9 Å². The third-order valence-electron chi connectivity index (χ3n) is 3.40. The fraction of sp³-hybridized carbons (Fsp3) is 0.500. The van der Waals surface area contributed by atoms with Gasteiger partial charge in [-0.05, 0) is 0 Å². The van der Waals surface area contributed by atoms with E-state index in [0.29, 0.717) is 17.2 Å². The zero-order valence-electron chi connectivity index (χ0n) is 15.0. The van der Waals surface area contributed by atoms with Crippen molar-refractivity contribution in [1.29, 1.82) is 0 Å². The smallest absolute Gasteiger partial charge is 0.731 e. The molecule has 1 saturated heterocycles. The Hall–Kier alpha value is -0.304. The fourth-order valence-electron chi connectivity index (χ4n) is 2.30. The van der Waals surface area contributed by atoms with Crippen LogP contribution in [0.4, 0.5) is 5.13 Å². The Balaban J connectivity index is 0.00000392. The van der Waals surface area contributed by atoms with Gasteiger partial charge in [-0.25, -0.2) is 17.7 Å². The topological polar surface area (TPSA) is 193 Å². The summed E-state index contributed by atoms with van der Waals surface area (Å²) in [6.07, 6.45) is 1.31. The maximum atomic E-state index is 12.5. The van der Waals surface area contributed by atoms with Gasteiger partial charge in [0.25, 0.3) is 11.8 Å². The zero-order valence-corrected chi connectivity index (χ0v) is 20.6. The van der Waals surface area contributed by atoms with E-state index in [4.69, 9.17) is 11.5 Å². The molecule has 2 rings (SSSR count). The number of oxime groups is 1. The molecule has 1 aliphatic rings. The van der Waals surface area contributed by atoms with Gasteiger partial charge in [-0.2, -0.15) is 11.8 Å². The Labute approximate surface area is 212 Å². The van der Waals surface area contributed by atoms with Crippen LogP contribution in [-0.4, -0.2) is 77.0 Å². The molecule has 28 heavy (non-hydrogen) atoms. The number of nitrogens with zero attached hydrogens (tertiary/aromatic N) is 3. The van der Waals surface area contributed by atoms with Crippen molar-refractivity contribution in [3.05, 3.63) is 11.1 Å². The first-order chi connectivity index (χ1) is 12.7. The van der Waals surface area contributed by atoms with E-state index in [1.807, 2.05) is 0 Å². The average Bonchev–Trinajstić information content (AvgIpc) is 3.01. The molecule has 1 aliphatic heterocycles. The van der Waals surface area contributed by atoms with E-state index < -0.39 is 34.2 Å². The van der Waals surface area contributed by atoms with Gasteiger partial charge in [-0.1, -0.05) is 16.5 Å². The number of rotatable bonds is 9. The molecule has 0 spiro atoms. The SMILES string of the molecule is CO/N=C(\C(=O)N[C@@H]1C(=O)N(S(=O)(=O)[O-])[C@H]1CSCCN)c1cnc(N)s1.[K+]. The van der Waals surface area contributed by atoms with E-state index in [0.717, 1.165) is 11.3 Å². The standard InChI is InChI=1S/C12H18N6O6S3.K/c1-24-17-9(7-4-15-12(14)26-7)10(19)16-8-6(5-25-3-2-13)18(11(8)20)27(21,22)23;/h4,6,8H,2-3,5,13H2,1H3,(H2,14,15)(H,16,19)(H,21,22,23);/q;+1/p-1/b17-9-;/t6-,8-;/m0./s1. The number of carbonyl (C=O) groups is 2. The van der Waals surface area contributed by atoms with Crippen molar-refractivity contribution in [2.45, 2.75) is 12.1 Å². The molecular weight excluding hydrogens is 459 g/mol. The third kappa shape index (κ3) is 6.10. The minimum absolute atomic E-state index is 0. The van der Waals surface area contributed by atoms with Crippen LogP contribution in [-0.2, 0) is 24.7 Å². The first-order valence-electron chi connectivity index (χ1n) is 7.41. The number of aromatic nitrogens is 1. The molecule has 12 nitrogen and oxygen atoms in total. The molecular formula is C12H17KN6O6S3. The maximum Gasteiger partial charge on any atom is 1.00 e. The van der Waals surface area contributed by atoms with Crippen LogP contribution in [0.1, 0.15) is 4.88 Å². The minimum Gasteiger partial charge on any atom is -0.731 e. The van der Waals surface area contributed by atoms with Crippen LogP contribution >= 0.6 is 23.1 Å². The minimum atomic E-state index is -4.99. The van der Waals surface area contributed by atoms with Crippen LogP contribution < -0.4 is 68.2 Å². The zero-order chi connectivity index (χ0) is 20.2. The maximum absolute atomic E-state index is 12.5. The molecule has 5 N–H and O–H groups in total. The average molecular weight is 477 g/mol. The second-order valence-corrected chi connectivity index (χ2v) is 8.62. The normalized spacial score (nSPS) is 19.6. The van der Waals surface area contributed by atoms with Gasteiger partial charge >= 0.3 is 51.4 Å². The molecule has 1 aromatic rings. The van der Waals surface area contributed by atoms with Crippen LogP contribution in [0, 0.1) is 0 Å². The molecule has 0 bridgehead atoms. The van der Waals surface area contributed by atoms with Crippen molar-refractivity contribution in [2.24, 2.45) is 10.9 Å². The van der Waals surface area contributed by atoms with Gasteiger partial charge in [0, 0.05) is 24.2 Å². The number of hydrogen-bond acceptors (Lipinski definition) is 12. The molecule has 2 heterocycles. The van der Waals surface area contributed by atoms with Crippen LogP contribution in [0.25, 0.3) is 0 Å². The van der Waals surface area contributed by atoms with Gasteiger partial charge in [0.15, 0.2) is 21.1 Å². The van der Waals surface area contributed by atoms with Crippen LogP contribution in [0.2, 0.25) is 0 Å². The molecule has 2 atom stereocenters. The largest absolute Gasteiger partial charge is 1.00 e. The predicted octanol–water partition coefficient (Wildman–Crippen LogP) is -5.07. The molecule has 0 saturated carbocycles. The predicted molar refractivity (Wildman–Crippen MR) is 98.7 cm³/mol. The van der Waals surface area contributed by atoms with Crippen molar-refractivity contribution in [1.82, 2.24) is 14.6 Å². The number of thioether (sulfide) groups is 1. The van der Waals surface area contributed by atoms with Crippen LogP contribution in [0.5, 0.6) is 0 Å². The summed E-state index contributed by atoms with van der Waals surface area (Å²) in [5.74, 6) is -1.21. The Morgan fingerprint density at radius 2 is 2.25 bits per heavy atom. The van der Waals surface area contributed by atoms with Crippen molar-refractivity contribution in [3.63, 3.8) is 0 Å². The number of β-lactam (4-membered cyclic amide) rings is 1. The Bertz CT molecular complexity index is 847. The molecule has 150 valence electrons. The van der Waals surface area contributed by atoms with Gasteiger partial charge < -0.3 is 26.2 Å². The van der Waals surface area contributed by atoms with E-state index >= 15 is 0 Å². The summed E-state index contributed by atoms with van der Waals surface area (Å²) < 4.78 is 34.1. The first-order valence-corrected chi connectivity index (χ1v) is 10.7. The molecule has 0 unspecified atom stereocenters. The third-order valence-corrected chi connectivity index (χ3v) is 6.27. The summed E-state index contributed by atoms with van der Waals surface area (Å²) in [5, 5.41) is 6.19. The summed E-state index contributed by atoms with van der Waals surface area (Å²) in [4.78, 5) is 33.4. The van der Waals surface area contributed by atoms with Crippen molar-refractivity contribution < 1.29 is 78.8 Å². The molecule has 16 heteroatoms. The van der Waals surface area contributed by atoms with Gasteiger partial charge in [0.05, 0.1) is 10.9 Å². The molecule has 0 aliphatic carbocycles. The summed E-state index contributed by atoms with van der Waals surface area (Å²) >= 11 is 2.23. The molecule has 0 radical (unpaired) electrons. The summed E-state index contributed by atoms with van der Waals surface area (Å²) in [7, 11) is -3.76. The summed E-state index contributed by atoms with van der Waals surface area (Å²) in [6, 6.07) is -2.21. The van der Waals surface area contributed by atoms with E-state index in [9.17, 15) is 22.6 Å². The molecule has 1 aromatic heterocycles. The second-order valence-electron chi connectivity index (χ2n) is 5.16. The quantitative estimate of drug-likeness (QED) is 0.0775. The fourth-order valence-corrected chi connectivity index (χ4v) is 4.84. The molecule has 2 amide bonds. The summed E-state index contributed by atoms with van der Waals surface area (Å²) in [5.41, 5.74) is 10.7. The van der Waals surface area contributed by atoms with Gasteiger partial charge in [-0.15, -0.1) is 0 Å². The number of nitrogens with one attached hydrogen (secondary N) is 1. The van der Waals surface area contributed by atoms with E-state index in [1.165, 1.54) is 25.1 Å². The van der Waals surface area contributed by atoms with Crippen LogP contribution in [0.15, 0.2) is 11.4 Å². The Morgan fingerprint density at radius 3 is 2.75 bits per heavy atom. The monoisotopic (exact) mass is 476 g/mol. The van der Waals surface area contributed by atoms with Gasteiger partial charge in [-0.3, -0.25) is 9.59 Å². The summed E-state index contributed by atoms with van der Waals surface area (Å²) in [6.45, 7) is 0.337. The molecule has 0 aromatic carbocycles. The number of anilines is 1. The Kier molecular flexibility index (Phi) is 10.3. The number of thiazole rings is 1. The number of carbonyl (C=O) groups excluding carboxylic acids is 2. The van der Waals surface area contributed by atoms with Gasteiger partial charge in [0.2, 0.25) is 0 Å². The van der Waals surface area contributed by atoms with E-state index in [-0.39, 0.29) is 72.3 Å².